The van der Waals surface area contributed by atoms with Crippen LogP contribution < -0.4 is 5.32 Å². The zero-order valence-corrected chi connectivity index (χ0v) is 11.5. The van der Waals surface area contributed by atoms with E-state index in [1.807, 2.05) is 0 Å². The van der Waals surface area contributed by atoms with Gasteiger partial charge in [-0.05, 0) is 31.4 Å². The summed E-state index contributed by atoms with van der Waals surface area (Å²) in [5.41, 5.74) is -0.286. The van der Waals surface area contributed by atoms with Gasteiger partial charge in [0.1, 0.15) is 11.5 Å². The highest BCUT2D eigenvalue weighted by molar-refractivity contribution is 5.90. The highest BCUT2D eigenvalue weighted by Gasteiger charge is 2.29. The zero-order chi connectivity index (χ0) is 15.6. The number of carbonyl (C=O) groups is 2. The molecule has 1 atom stereocenters. The number of urea groups is 1. The lowest BCUT2D eigenvalue weighted by Gasteiger charge is -2.30. The zero-order valence-electron chi connectivity index (χ0n) is 11.5. The summed E-state index contributed by atoms with van der Waals surface area (Å²) >= 11 is 0. The molecule has 0 unspecified atom stereocenters. The Balaban J connectivity index is 2.11. The van der Waals surface area contributed by atoms with Gasteiger partial charge in [-0.3, -0.25) is 4.79 Å². The van der Waals surface area contributed by atoms with Gasteiger partial charge < -0.3 is 15.3 Å². The normalized spacial score (nSPS) is 18.4. The molecule has 0 radical (unpaired) electrons. The Labute approximate surface area is 120 Å². The number of benzene rings is 1. The molecule has 2 amide bonds. The smallest absolute Gasteiger partial charge is 0.322 e. The monoisotopic (exact) mass is 298 g/mol. The number of hydrogen-bond acceptors (Lipinski definition) is 2. The summed E-state index contributed by atoms with van der Waals surface area (Å²) in [5.74, 6) is -3.30. The number of carboxylic acid groups (broad SMARTS) is 1. The van der Waals surface area contributed by atoms with Crippen molar-refractivity contribution in [1.29, 1.82) is 0 Å². The van der Waals surface area contributed by atoms with Crippen molar-refractivity contribution < 1.29 is 23.5 Å². The number of rotatable bonds is 2. The first-order chi connectivity index (χ1) is 9.90. The lowest BCUT2D eigenvalue weighted by molar-refractivity contribution is -0.143. The molecule has 2 rings (SSSR count). The van der Waals surface area contributed by atoms with Gasteiger partial charge in [0.05, 0.1) is 5.92 Å². The Hall–Kier alpha value is -2.18. The van der Waals surface area contributed by atoms with E-state index in [9.17, 15) is 18.4 Å². The summed E-state index contributed by atoms with van der Waals surface area (Å²) in [6.45, 7) is 1.87. The number of aryl methyl sites for hydroxylation is 1. The maximum atomic E-state index is 13.8. The third kappa shape index (κ3) is 3.29. The van der Waals surface area contributed by atoms with E-state index in [1.54, 1.807) is 0 Å². The predicted octanol–water partition coefficient (Wildman–Crippen LogP) is 2.60. The number of amides is 2. The van der Waals surface area contributed by atoms with Crippen molar-refractivity contribution in [3.8, 4) is 0 Å². The van der Waals surface area contributed by atoms with Crippen molar-refractivity contribution in [3.05, 3.63) is 29.3 Å². The Morgan fingerprint density at radius 2 is 2.10 bits per heavy atom. The van der Waals surface area contributed by atoms with Crippen LogP contribution in [0.2, 0.25) is 0 Å². The van der Waals surface area contributed by atoms with Crippen molar-refractivity contribution >= 4 is 17.7 Å². The molecule has 1 aliphatic heterocycles. The van der Waals surface area contributed by atoms with Crippen LogP contribution in [0.5, 0.6) is 0 Å². The molecule has 7 heteroatoms. The van der Waals surface area contributed by atoms with Crippen molar-refractivity contribution in [2.45, 2.75) is 19.8 Å². The predicted molar refractivity (Wildman–Crippen MR) is 72.0 cm³/mol. The van der Waals surface area contributed by atoms with Crippen LogP contribution in [0.1, 0.15) is 18.4 Å². The van der Waals surface area contributed by atoms with Gasteiger partial charge in [0, 0.05) is 13.1 Å². The second-order valence-electron chi connectivity index (χ2n) is 5.11. The molecule has 0 aromatic heterocycles. The molecule has 1 aromatic rings. The number of likely N-dealkylation sites (tertiary alicyclic amines) is 1. The summed E-state index contributed by atoms with van der Waals surface area (Å²) in [7, 11) is 0. The molecule has 0 bridgehead atoms. The molecule has 1 saturated heterocycles. The second-order valence-corrected chi connectivity index (χ2v) is 5.11. The van der Waals surface area contributed by atoms with Crippen LogP contribution in [-0.2, 0) is 4.79 Å². The third-order valence-electron chi connectivity index (χ3n) is 3.57. The van der Waals surface area contributed by atoms with E-state index < -0.39 is 35.2 Å². The molecular weight excluding hydrogens is 282 g/mol. The SMILES string of the molecule is Cc1ccc(F)c(NC(=O)N2CCC[C@@H](C(=O)O)C2)c1F. The van der Waals surface area contributed by atoms with E-state index in [2.05, 4.69) is 5.32 Å². The summed E-state index contributed by atoms with van der Waals surface area (Å²) < 4.78 is 27.4. The first-order valence-electron chi connectivity index (χ1n) is 6.63. The maximum Gasteiger partial charge on any atom is 0.322 e. The third-order valence-corrected chi connectivity index (χ3v) is 3.57. The number of piperidine rings is 1. The number of carboxylic acids is 1. The average Bonchev–Trinajstić information content (AvgIpc) is 2.47. The lowest BCUT2D eigenvalue weighted by Crippen LogP contribution is -2.44. The quantitative estimate of drug-likeness (QED) is 0.881. The van der Waals surface area contributed by atoms with E-state index in [0.29, 0.717) is 19.4 Å². The Morgan fingerprint density at radius 1 is 1.38 bits per heavy atom. The fourth-order valence-corrected chi connectivity index (χ4v) is 2.32. The standard InChI is InChI=1S/C14H16F2N2O3/c1-8-4-5-10(15)12(11(8)16)17-14(21)18-6-2-3-9(7-18)13(19)20/h4-5,9H,2-3,6-7H2,1H3,(H,17,21)(H,19,20)/t9-/m1/s1. The molecule has 1 aliphatic rings. The molecule has 1 fully saturated rings. The molecule has 114 valence electrons. The maximum absolute atomic E-state index is 13.8. The van der Waals surface area contributed by atoms with Crippen LogP contribution in [0, 0.1) is 24.5 Å². The van der Waals surface area contributed by atoms with Crippen LogP contribution >= 0.6 is 0 Å². The second kappa shape index (κ2) is 6.07. The Kier molecular flexibility index (Phi) is 4.40. The minimum Gasteiger partial charge on any atom is -0.481 e. The van der Waals surface area contributed by atoms with Crippen LogP contribution in [0.25, 0.3) is 0 Å². The molecule has 1 heterocycles. The van der Waals surface area contributed by atoms with Gasteiger partial charge in [0.2, 0.25) is 0 Å². The largest absolute Gasteiger partial charge is 0.481 e. The van der Waals surface area contributed by atoms with Gasteiger partial charge in [0.15, 0.2) is 5.82 Å². The Bertz CT molecular complexity index is 578. The molecule has 0 aliphatic carbocycles. The minimum absolute atomic E-state index is 0.0379. The Morgan fingerprint density at radius 3 is 2.76 bits per heavy atom. The number of anilines is 1. The van der Waals surface area contributed by atoms with E-state index in [-0.39, 0.29) is 12.1 Å². The molecular formula is C14H16F2N2O3. The number of aliphatic carboxylic acids is 1. The number of hydrogen-bond donors (Lipinski definition) is 2. The molecule has 1 aromatic carbocycles. The van der Waals surface area contributed by atoms with Gasteiger partial charge in [0.25, 0.3) is 0 Å². The van der Waals surface area contributed by atoms with E-state index in [4.69, 9.17) is 5.11 Å². The molecule has 5 nitrogen and oxygen atoms in total. The summed E-state index contributed by atoms with van der Waals surface area (Å²) in [4.78, 5) is 24.3. The highest BCUT2D eigenvalue weighted by Crippen LogP contribution is 2.23. The average molecular weight is 298 g/mol. The van der Waals surface area contributed by atoms with Crippen molar-refractivity contribution in [1.82, 2.24) is 4.90 Å². The summed E-state index contributed by atoms with van der Waals surface area (Å²) in [6, 6.07) is 1.66. The van der Waals surface area contributed by atoms with Crippen LogP contribution in [0.15, 0.2) is 12.1 Å². The molecule has 2 N–H and O–H groups in total. The van der Waals surface area contributed by atoms with E-state index in [0.717, 1.165) is 6.07 Å². The molecule has 0 spiro atoms. The summed E-state index contributed by atoms with van der Waals surface area (Å²) in [6.07, 6.45) is 1.04. The van der Waals surface area contributed by atoms with Gasteiger partial charge >= 0.3 is 12.0 Å². The van der Waals surface area contributed by atoms with Crippen molar-refractivity contribution in [2.24, 2.45) is 5.92 Å². The fourth-order valence-electron chi connectivity index (χ4n) is 2.32. The fraction of sp³-hybridized carbons (Fsp3) is 0.429. The topological polar surface area (TPSA) is 69.6 Å². The highest BCUT2D eigenvalue weighted by atomic mass is 19.1. The minimum atomic E-state index is -0.972. The number of halogens is 2. The van der Waals surface area contributed by atoms with Gasteiger partial charge in [-0.2, -0.15) is 0 Å². The van der Waals surface area contributed by atoms with E-state index in [1.165, 1.54) is 17.9 Å². The van der Waals surface area contributed by atoms with E-state index >= 15 is 0 Å². The van der Waals surface area contributed by atoms with Crippen molar-refractivity contribution in [3.63, 3.8) is 0 Å². The van der Waals surface area contributed by atoms with Crippen molar-refractivity contribution in [2.75, 3.05) is 18.4 Å². The first-order valence-corrected chi connectivity index (χ1v) is 6.63. The summed E-state index contributed by atoms with van der Waals surface area (Å²) in [5, 5.41) is 11.2. The number of carbonyl (C=O) groups excluding carboxylic acids is 1. The first kappa shape index (κ1) is 15.2. The van der Waals surface area contributed by atoms with Gasteiger partial charge in [-0.15, -0.1) is 0 Å². The van der Waals surface area contributed by atoms with Gasteiger partial charge in [-0.1, -0.05) is 6.07 Å². The van der Waals surface area contributed by atoms with Crippen LogP contribution in [-0.4, -0.2) is 35.1 Å². The van der Waals surface area contributed by atoms with Gasteiger partial charge in [-0.25, -0.2) is 13.6 Å². The molecule has 0 saturated carbocycles. The lowest BCUT2D eigenvalue weighted by atomic mass is 9.99. The number of nitrogens with zero attached hydrogens (tertiary/aromatic N) is 1. The van der Waals surface area contributed by atoms with Crippen LogP contribution in [0.4, 0.5) is 19.3 Å². The molecule has 21 heavy (non-hydrogen) atoms. The van der Waals surface area contributed by atoms with Crippen LogP contribution in [0.3, 0.4) is 0 Å². The number of nitrogens with one attached hydrogen (secondary N) is 1.